The second kappa shape index (κ2) is 4.51. The van der Waals surface area contributed by atoms with Crippen molar-refractivity contribution in [2.45, 2.75) is 12.8 Å². The number of nitrogens with one attached hydrogen (secondary N) is 1. The molecule has 1 unspecified atom stereocenters. The van der Waals surface area contributed by atoms with Crippen molar-refractivity contribution in [1.82, 2.24) is 9.97 Å². The molecule has 0 saturated heterocycles. The Hall–Kier alpha value is -2.14. The number of aromatic nitrogens is 2. The predicted octanol–water partition coefficient (Wildman–Crippen LogP) is 2.72. The second-order valence-electron chi connectivity index (χ2n) is 4.45. The Kier molecular flexibility index (Phi) is 2.83. The zero-order valence-corrected chi connectivity index (χ0v) is 11.2. The SMILES string of the molecule is CC(c1ccccc1)c1cc2c(=O)[nH]c(N)nc2s1. The molecule has 3 N–H and O–H groups in total. The van der Waals surface area contributed by atoms with E-state index in [2.05, 4.69) is 29.0 Å². The van der Waals surface area contributed by atoms with Crippen LogP contribution >= 0.6 is 11.3 Å². The van der Waals surface area contributed by atoms with E-state index in [0.717, 1.165) is 4.88 Å². The first-order valence-electron chi connectivity index (χ1n) is 5.99. The molecule has 3 rings (SSSR count). The fraction of sp³-hybridized carbons (Fsp3) is 0.143. The molecule has 0 bridgehead atoms. The minimum atomic E-state index is -0.176. The minimum absolute atomic E-state index is 0.165. The summed E-state index contributed by atoms with van der Waals surface area (Å²) in [5.74, 6) is 0.402. The molecular weight excluding hydrogens is 258 g/mol. The summed E-state index contributed by atoms with van der Waals surface area (Å²) in [5, 5.41) is 0.608. The molecule has 96 valence electrons. The average Bonchev–Trinajstić information content (AvgIpc) is 2.83. The lowest BCUT2D eigenvalue weighted by Crippen LogP contribution is -2.09. The lowest BCUT2D eigenvalue weighted by atomic mass is 10.00. The molecule has 19 heavy (non-hydrogen) atoms. The number of benzene rings is 1. The van der Waals surface area contributed by atoms with E-state index in [9.17, 15) is 4.79 Å². The Balaban J connectivity index is 2.12. The van der Waals surface area contributed by atoms with Gasteiger partial charge >= 0.3 is 0 Å². The molecule has 4 nitrogen and oxygen atoms in total. The average molecular weight is 271 g/mol. The number of rotatable bonds is 2. The standard InChI is InChI=1S/C14H13N3OS/c1-8(9-5-3-2-4-6-9)11-7-10-12(18)16-14(15)17-13(10)19-11/h2-8H,1H3,(H3,15,16,17,18). The molecule has 0 aliphatic carbocycles. The van der Waals surface area contributed by atoms with Crippen molar-refractivity contribution in [3.8, 4) is 0 Å². The fourth-order valence-corrected chi connectivity index (χ4v) is 3.20. The summed E-state index contributed by atoms with van der Waals surface area (Å²) in [6.45, 7) is 2.12. The van der Waals surface area contributed by atoms with E-state index < -0.39 is 0 Å². The number of thiophene rings is 1. The molecule has 0 saturated carbocycles. The van der Waals surface area contributed by atoms with Crippen molar-refractivity contribution < 1.29 is 0 Å². The number of nitrogen functional groups attached to an aromatic ring is 1. The number of fused-ring (bicyclic) bond motifs is 1. The predicted molar refractivity (Wildman–Crippen MR) is 78.6 cm³/mol. The van der Waals surface area contributed by atoms with Gasteiger partial charge in [-0.25, -0.2) is 4.98 Å². The third-order valence-corrected chi connectivity index (χ3v) is 4.38. The zero-order chi connectivity index (χ0) is 13.4. The lowest BCUT2D eigenvalue weighted by molar-refractivity contribution is 0.948. The van der Waals surface area contributed by atoms with E-state index in [-0.39, 0.29) is 17.4 Å². The van der Waals surface area contributed by atoms with Gasteiger partial charge in [-0.1, -0.05) is 37.3 Å². The van der Waals surface area contributed by atoms with Gasteiger partial charge in [0.1, 0.15) is 4.83 Å². The van der Waals surface area contributed by atoms with Crippen molar-refractivity contribution in [1.29, 1.82) is 0 Å². The smallest absolute Gasteiger partial charge is 0.261 e. The van der Waals surface area contributed by atoms with Gasteiger partial charge in [-0.05, 0) is 11.6 Å². The van der Waals surface area contributed by atoms with Gasteiger partial charge in [0.15, 0.2) is 0 Å². The van der Waals surface area contributed by atoms with Crippen LogP contribution in [0.2, 0.25) is 0 Å². The van der Waals surface area contributed by atoms with Crippen LogP contribution in [0, 0.1) is 0 Å². The first kappa shape index (κ1) is 11.9. The first-order chi connectivity index (χ1) is 9.15. The minimum Gasteiger partial charge on any atom is -0.369 e. The summed E-state index contributed by atoms with van der Waals surface area (Å²) in [6.07, 6.45) is 0. The Morgan fingerprint density at radius 2 is 2.05 bits per heavy atom. The molecule has 3 aromatic rings. The molecule has 5 heteroatoms. The second-order valence-corrected chi connectivity index (χ2v) is 5.51. The maximum Gasteiger partial charge on any atom is 0.261 e. The van der Waals surface area contributed by atoms with Crippen LogP contribution in [0.25, 0.3) is 10.2 Å². The number of hydrogen-bond acceptors (Lipinski definition) is 4. The van der Waals surface area contributed by atoms with Gasteiger partial charge in [0, 0.05) is 10.8 Å². The van der Waals surface area contributed by atoms with E-state index in [1.54, 1.807) is 0 Å². The third-order valence-electron chi connectivity index (χ3n) is 3.17. The summed E-state index contributed by atoms with van der Waals surface area (Å²) < 4.78 is 0. The number of nitrogens with zero attached hydrogens (tertiary/aromatic N) is 1. The van der Waals surface area contributed by atoms with E-state index in [1.165, 1.54) is 16.9 Å². The van der Waals surface area contributed by atoms with Crippen LogP contribution in [0.4, 0.5) is 5.95 Å². The van der Waals surface area contributed by atoms with Crippen LogP contribution in [0.15, 0.2) is 41.2 Å². The molecule has 0 fully saturated rings. The van der Waals surface area contributed by atoms with Gasteiger partial charge in [-0.15, -0.1) is 11.3 Å². The van der Waals surface area contributed by atoms with Crippen LogP contribution in [0.3, 0.4) is 0 Å². The lowest BCUT2D eigenvalue weighted by Gasteiger charge is -2.08. The van der Waals surface area contributed by atoms with Crippen LogP contribution in [0.1, 0.15) is 23.3 Å². The summed E-state index contributed by atoms with van der Waals surface area (Å²) in [7, 11) is 0. The van der Waals surface area contributed by atoms with Crippen LogP contribution in [0.5, 0.6) is 0 Å². The molecule has 0 radical (unpaired) electrons. The molecule has 1 aromatic carbocycles. The van der Waals surface area contributed by atoms with Gasteiger partial charge in [0.25, 0.3) is 5.56 Å². The molecule has 0 aliphatic rings. The summed E-state index contributed by atoms with van der Waals surface area (Å²) in [6, 6.07) is 12.1. The molecule has 2 heterocycles. The van der Waals surface area contributed by atoms with Crippen LogP contribution < -0.4 is 11.3 Å². The van der Waals surface area contributed by atoms with Gasteiger partial charge in [0.05, 0.1) is 5.39 Å². The maximum atomic E-state index is 11.8. The van der Waals surface area contributed by atoms with E-state index in [1.807, 2.05) is 24.3 Å². The number of aromatic amines is 1. The van der Waals surface area contributed by atoms with Gasteiger partial charge < -0.3 is 5.73 Å². The Labute approximate surface area is 113 Å². The third kappa shape index (κ3) is 2.13. The van der Waals surface area contributed by atoms with Crippen molar-refractivity contribution in [2.75, 3.05) is 5.73 Å². The Morgan fingerprint density at radius 1 is 1.32 bits per heavy atom. The number of nitrogens with two attached hydrogens (primary N) is 1. The highest BCUT2D eigenvalue weighted by molar-refractivity contribution is 7.18. The first-order valence-corrected chi connectivity index (χ1v) is 6.81. The molecule has 1 atom stereocenters. The molecule has 2 aromatic heterocycles. The number of hydrogen-bond donors (Lipinski definition) is 2. The topological polar surface area (TPSA) is 71.8 Å². The van der Waals surface area contributed by atoms with E-state index in [4.69, 9.17) is 5.73 Å². The fourth-order valence-electron chi connectivity index (χ4n) is 2.09. The summed E-state index contributed by atoms with van der Waals surface area (Å²) >= 11 is 1.52. The number of H-pyrrole nitrogens is 1. The van der Waals surface area contributed by atoms with Crippen molar-refractivity contribution in [3.05, 3.63) is 57.2 Å². The van der Waals surface area contributed by atoms with Gasteiger partial charge in [-0.3, -0.25) is 9.78 Å². The molecule has 0 aliphatic heterocycles. The molecule has 0 spiro atoms. The quantitative estimate of drug-likeness (QED) is 0.752. The normalized spacial score (nSPS) is 12.7. The summed E-state index contributed by atoms with van der Waals surface area (Å²) in [5.41, 5.74) is 6.61. The molecule has 0 amide bonds. The monoisotopic (exact) mass is 271 g/mol. The maximum absolute atomic E-state index is 11.8. The van der Waals surface area contributed by atoms with Crippen LogP contribution in [-0.2, 0) is 0 Å². The van der Waals surface area contributed by atoms with E-state index in [0.29, 0.717) is 10.2 Å². The van der Waals surface area contributed by atoms with Gasteiger partial charge in [-0.2, -0.15) is 0 Å². The van der Waals surface area contributed by atoms with Crippen LogP contribution in [-0.4, -0.2) is 9.97 Å². The largest absolute Gasteiger partial charge is 0.369 e. The van der Waals surface area contributed by atoms with Crippen molar-refractivity contribution >= 4 is 27.5 Å². The van der Waals surface area contributed by atoms with Crippen molar-refractivity contribution in [2.24, 2.45) is 0 Å². The highest BCUT2D eigenvalue weighted by Gasteiger charge is 2.14. The highest BCUT2D eigenvalue weighted by atomic mass is 32.1. The molecular formula is C14H13N3OS. The Bertz CT molecular complexity index is 776. The number of anilines is 1. The highest BCUT2D eigenvalue weighted by Crippen LogP contribution is 2.32. The summed E-state index contributed by atoms with van der Waals surface area (Å²) in [4.78, 5) is 20.3. The Morgan fingerprint density at radius 3 is 2.79 bits per heavy atom. The zero-order valence-electron chi connectivity index (χ0n) is 10.4. The van der Waals surface area contributed by atoms with Gasteiger partial charge in [0.2, 0.25) is 5.95 Å². The van der Waals surface area contributed by atoms with Crippen molar-refractivity contribution in [3.63, 3.8) is 0 Å². The van der Waals surface area contributed by atoms with E-state index >= 15 is 0 Å².